The van der Waals surface area contributed by atoms with Gasteiger partial charge in [-0.1, -0.05) is 25.1 Å². The van der Waals surface area contributed by atoms with Crippen LogP contribution in [0.15, 0.2) is 35.4 Å². The van der Waals surface area contributed by atoms with E-state index >= 15 is 0 Å². The first kappa shape index (κ1) is 20.7. The topological polar surface area (TPSA) is 90.3 Å². The van der Waals surface area contributed by atoms with E-state index in [1.54, 1.807) is 13.8 Å². The number of aromatic nitrogens is 2. The van der Waals surface area contributed by atoms with Crippen molar-refractivity contribution in [2.45, 2.75) is 40.2 Å². The molecule has 0 saturated carbocycles. The van der Waals surface area contributed by atoms with Crippen LogP contribution in [0.2, 0.25) is 0 Å². The molecule has 1 atom stereocenters. The molecule has 0 aliphatic heterocycles. The molecule has 0 saturated heterocycles. The number of carbonyl (C=O) groups excluding carboxylic acids is 2. The lowest BCUT2D eigenvalue weighted by Gasteiger charge is -2.13. The zero-order valence-electron chi connectivity index (χ0n) is 16.8. The summed E-state index contributed by atoms with van der Waals surface area (Å²) in [5.41, 5.74) is 1.85. The molecule has 3 aromatic rings. The Morgan fingerprint density at radius 2 is 2.00 bits per heavy atom. The van der Waals surface area contributed by atoms with Crippen molar-refractivity contribution in [1.82, 2.24) is 9.55 Å². The van der Waals surface area contributed by atoms with Crippen LogP contribution >= 0.6 is 11.3 Å². The highest BCUT2D eigenvalue weighted by Gasteiger charge is 2.23. The summed E-state index contributed by atoms with van der Waals surface area (Å²) in [5.74, 6) is -0.776. The fourth-order valence-corrected chi connectivity index (χ4v) is 3.99. The van der Waals surface area contributed by atoms with Gasteiger partial charge in [-0.15, -0.1) is 11.3 Å². The number of amides is 1. The van der Waals surface area contributed by atoms with E-state index in [0.717, 1.165) is 16.9 Å². The van der Waals surface area contributed by atoms with Crippen molar-refractivity contribution in [3.63, 3.8) is 0 Å². The van der Waals surface area contributed by atoms with E-state index in [-0.39, 0.29) is 11.5 Å². The minimum absolute atomic E-state index is 0.291. The van der Waals surface area contributed by atoms with Crippen LogP contribution in [0.5, 0.6) is 0 Å². The summed E-state index contributed by atoms with van der Waals surface area (Å²) in [6.45, 7) is 7.43. The number of hydrogen-bond acceptors (Lipinski definition) is 6. The summed E-state index contributed by atoms with van der Waals surface area (Å²) in [7, 11) is 0. The zero-order chi connectivity index (χ0) is 21.1. The lowest BCUT2D eigenvalue weighted by molar-refractivity contribution is -0.147. The highest BCUT2D eigenvalue weighted by atomic mass is 32.1. The number of nitrogens with zero attached hydrogens (tertiary/aromatic N) is 2. The van der Waals surface area contributed by atoms with Crippen LogP contribution < -0.4 is 10.9 Å². The van der Waals surface area contributed by atoms with E-state index in [1.165, 1.54) is 10.9 Å². The number of nitrogens with one attached hydrogen (secondary N) is 1. The third-order valence-corrected chi connectivity index (χ3v) is 5.88. The normalized spacial score (nSPS) is 12.0. The minimum atomic E-state index is -0.797. The van der Waals surface area contributed by atoms with E-state index in [1.807, 2.05) is 38.1 Å². The Morgan fingerprint density at radius 1 is 1.28 bits per heavy atom. The van der Waals surface area contributed by atoms with Crippen LogP contribution in [0.1, 0.15) is 47.1 Å². The quantitative estimate of drug-likeness (QED) is 0.620. The van der Waals surface area contributed by atoms with Gasteiger partial charge in [-0.2, -0.15) is 0 Å². The van der Waals surface area contributed by atoms with E-state index in [4.69, 9.17) is 4.74 Å². The predicted molar refractivity (Wildman–Crippen MR) is 114 cm³/mol. The molecular weight excluding hydrogens is 390 g/mol. The molecule has 0 spiro atoms. The average molecular weight is 413 g/mol. The molecule has 3 rings (SSSR count). The fraction of sp³-hybridized carbons (Fsp3) is 0.333. The minimum Gasteiger partial charge on any atom is -0.464 e. The third-order valence-electron chi connectivity index (χ3n) is 4.68. The van der Waals surface area contributed by atoms with Crippen molar-refractivity contribution in [2.24, 2.45) is 0 Å². The molecule has 0 fully saturated rings. The molecule has 1 aromatic carbocycles. The van der Waals surface area contributed by atoms with Crippen molar-refractivity contribution >= 4 is 39.1 Å². The first-order valence-electron chi connectivity index (χ1n) is 9.39. The number of benzene rings is 1. The lowest BCUT2D eigenvalue weighted by atomic mass is 10.1. The number of ether oxygens (including phenoxy) is 1. The van der Waals surface area contributed by atoms with Gasteiger partial charge in [0.2, 0.25) is 0 Å². The number of rotatable bonds is 6. The predicted octanol–water partition coefficient (Wildman–Crippen LogP) is 3.84. The number of anilines is 1. The van der Waals surface area contributed by atoms with Crippen LogP contribution in [-0.4, -0.2) is 28.0 Å². The van der Waals surface area contributed by atoms with Crippen LogP contribution in [0, 0.1) is 13.8 Å². The Labute approximate surface area is 172 Å². The number of thiophene rings is 1. The molecular formula is C21H23N3O4S. The van der Waals surface area contributed by atoms with Crippen LogP contribution in [0.3, 0.4) is 0 Å². The molecule has 2 heterocycles. The van der Waals surface area contributed by atoms with Crippen LogP contribution in [-0.2, 0) is 9.53 Å². The maximum atomic E-state index is 13.0. The van der Waals surface area contributed by atoms with Gasteiger partial charge in [0.1, 0.15) is 10.9 Å². The number of esters is 1. The monoisotopic (exact) mass is 413 g/mol. The van der Waals surface area contributed by atoms with Gasteiger partial charge in [0.25, 0.3) is 11.5 Å². The van der Waals surface area contributed by atoms with Gasteiger partial charge in [-0.05, 0) is 44.4 Å². The van der Waals surface area contributed by atoms with Gasteiger partial charge < -0.3 is 10.1 Å². The molecule has 7 nitrogen and oxygen atoms in total. The highest BCUT2D eigenvalue weighted by molar-refractivity contribution is 7.20. The molecule has 1 N–H and O–H groups in total. The summed E-state index contributed by atoms with van der Waals surface area (Å²) in [6.07, 6.45) is 2.04. The Morgan fingerprint density at radius 3 is 2.69 bits per heavy atom. The molecule has 0 radical (unpaired) electrons. The number of fused-ring (bicyclic) bond motifs is 1. The summed E-state index contributed by atoms with van der Waals surface area (Å²) in [5, 5.41) is 3.24. The lowest BCUT2D eigenvalue weighted by Crippen LogP contribution is -2.29. The number of carbonyl (C=O) groups is 2. The van der Waals surface area contributed by atoms with Crippen molar-refractivity contribution in [3.05, 3.63) is 57.0 Å². The summed E-state index contributed by atoms with van der Waals surface area (Å²) in [6, 6.07) is 6.68. The molecule has 0 bridgehead atoms. The second-order valence-electron chi connectivity index (χ2n) is 6.81. The standard InChI is InChI=1S/C21H23N3O4S/c1-5-10-28-21(27)14(4)24-11-22-19-16(20(24)26)13(3)17(29-19)18(25)23-15-9-7-6-8-12(15)2/h6-9,11,14H,5,10H2,1-4H3,(H,23,25). The summed E-state index contributed by atoms with van der Waals surface area (Å²) < 4.78 is 6.39. The van der Waals surface area contributed by atoms with E-state index in [0.29, 0.717) is 39.4 Å². The Hall–Kier alpha value is -3.00. The highest BCUT2D eigenvalue weighted by Crippen LogP contribution is 2.28. The van der Waals surface area contributed by atoms with Gasteiger partial charge in [-0.25, -0.2) is 9.78 Å². The second kappa shape index (κ2) is 8.57. The van der Waals surface area contributed by atoms with Gasteiger partial charge in [0, 0.05) is 5.69 Å². The Bertz CT molecular complexity index is 1130. The first-order chi connectivity index (χ1) is 13.8. The van der Waals surface area contributed by atoms with E-state index in [9.17, 15) is 14.4 Å². The molecule has 2 aromatic heterocycles. The summed E-state index contributed by atoms with van der Waals surface area (Å²) in [4.78, 5) is 43.2. The summed E-state index contributed by atoms with van der Waals surface area (Å²) >= 11 is 1.16. The second-order valence-corrected chi connectivity index (χ2v) is 7.80. The van der Waals surface area contributed by atoms with Crippen molar-refractivity contribution < 1.29 is 14.3 Å². The van der Waals surface area contributed by atoms with Crippen LogP contribution in [0.4, 0.5) is 5.69 Å². The third kappa shape index (κ3) is 4.07. The molecule has 0 aliphatic rings. The zero-order valence-corrected chi connectivity index (χ0v) is 17.6. The van der Waals surface area contributed by atoms with E-state index < -0.39 is 12.0 Å². The van der Waals surface area contributed by atoms with Crippen molar-refractivity contribution in [2.75, 3.05) is 11.9 Å². The largest absolute Gasteiger partial charge is 0.464 e. The fourth-order valence-electron chi connectivity index (χ4n) is 2.96. The molecule has 29 heavy (non-hydrogen) atoms. The number of aryl methyl sites for hydroxylation is 2. The SMILES string of the molecule is CCCOC(=O)C(C)n1cnc2sc(C(=O)Nc3ccccc3C)c(C)c2c1=O. The molecule has 1 amide bonds. The van der Waals surface area contributed by atoms with Gasteiger partial charge in [0.15, 0.2) is 0 Å². The maximum absolute atomic E-state index is 13.0. The first-order valence-corrected chi connectivity index (χ1v) is 10.2. The molecule has 0 aliphatic carbocycles. The molecule has 1 unspecified atom stereocenters. The smallest absolute Gasteiger partial charge is 0.328 e. The number of hydrogen-bond donors (Lipinski definition) is 1. The van der Waals surface area contributed by atoms with Gasteiger partial charge in [0.05, 0.1) is 23.2 Å². The maximum Gasteiger partial charge on any atom is 0.328 e. The average Bonchev–Trinajstić information content (AvgIpc) is 3.05. The van der Waals surface area contributed by atoms with Crippen molar-refractivity contribution in [1.29, 1.82) is 0 Å². The van der Waals surface area contributed by atoms with Crippen LogP contribution in [0.25, 0.3) is 10.2 Å². The molecule has 152 valence electrons. The van der Waals surface area contributed by atoms with Gasteiger partial charge >= 0.3 is 5.97 Å². The van der Waals surface area contributed by atoms with Crippen molar-refractivity contribution in [3.8, 4) is 0 Å². The van der Waals surface area contributed by atoms with Gasteiger partial charge in [-0.3, -0.25) is 14.2 Å². The van der Waals surface area contributed by atoms with E-state index in [2.05, 4.69) is 10.3 Å². The Balaban J connectivity index is 1.96. The Kier molecular flexibility index (Phi) is 6.12. The number of para-hydroxylation sites is 1. The molecule has 8 heteroatoms.